The maximum atomic E-state index is 12.9. The molecule has 0 unspecified atom stereocenters. The number of aromatic nitrogens is 1. The molecule has 0 aliphatic heterocycles. The number of fused-ring (bicyclic) bond motifs is 2. The summed E-state index contributed by atoms with van der Waals surface area (Å²) in [5.74, 6) is 0.515. The molecule has 1 aliphatic rings. The highest BCUT2D eigenvalue weighted by atomic mass is 35.5. The number of hydrogen-bond acceptors (Lipinski definition) is 5. The number of rotatable bonds is 3. The molecule has 0 atom stereocenters. The van der Waals surface area contributed by atoms with Crippen molar-refractivity contribution in [1.29, 1.82) is 0 Å². The molecular weight excluding hydrogens is 406 g/mol. The van der Waals surface area contributed by atoms with E-state index in [2.05, 4.69) is 5.32 Å². The molecule has 1 amide bonds. The predicted molar refractivity (Wildman–Crippen MR) is 118 cm³/mol. The van der Waals surface area contributed by atoms with Gasteiger partial charge in [-0.15, -0.1) is 11.3 Å². The molecule has 0 saturated heterocycles. The Kier molecular flexibility index (Phi) is 4.53. The normalized spacial score (nSPS) is 13.4. The molecule has 146 valence electrons. The lowest BCUT2D eigenvalue weighted by atomic mass is 9.89. The van der Waals surface area contributed by atoms with E-state index in [1.54, 1.807) is 30.5 Å². The van der Waals surface area contributed by atoms with Crippen LogP contribution in [0.2, 0.25) is 5.02 Å². The van der Waals surface area contributed by atoms with Gasteiger partial charge in [0, 0.05) is 27.4 Å². The Morgan fingerprint density at radius 1 is 1.17 bits per heavy atom. The van der Waals surface area contributed by atoms with E-state index in [1.807, 2.05) is 12.1 Å². The summed E-state index contributed by atoms with van der Waals surface area (Å²) in [7, 11) is 0. The van der Waals surface area contributed by atoms with Crippen LogP contribution in [0.5, 0.6) is 0 Å². The number of nitrogens with zero attached hydrogens (tertiary/aromatic N) is 1. The Hall–Kier alpha value is -2.83. The smallest absolute Gasteiger partial charge is 0.267 e. The number of nitrogens with two attached hydrogens (primary N) is 1. The van der Waals surface area contributed by atoms with Crippen molar-refractivity contribution in [2.75, 3.05) is 11.1 Å². The molecule has 1 aromatic carbocycles. The van der Waals surface area contributed by atoms with Gasteiger partial charge >= 0.3 is 0 Å². The summed E-state index contributed by atoms with van der Waals surface area (Å²) in [4.78, 5) is 19.0. The third-order valence-corrected chi connectivity index (χ3v) is 6.58. The molecule has 3 heterocycles. The number of thiophene rings is 1. The molecule has 3 N–H and O–H groups in total. The number of hydrogen-bond donors (Lipinski definition) is 2. The Morgan fingerprint density at radius 3 is 2.72 bits per heavy atom. The van der Waals surface area contributed by atoms with Crippen LogP contribution >= 0.6 is 22.9 Å². The molecule has 7 heteroatoms. The lowest BCUT2D eigenvalue weighted by Gasteiger charge is -2.18. The average Bonchev–Trinajstić information content (AvgIpc) is 3.37. The second-order valence-electron chi connectivity index (χ2n) is 7.08. The second kappa shape index (κ2) is 7.21. The third kappa shape index (κ3) is 3.18. The molecule has 0 bridgehead atoms. The van der Waals surface area contributed by atoms with E-state index in [4.69, 9.17) is 26.7 Å². The minimum atomic E-state index is -0.254. The number of furan rings is 1. The topological polar surface area (TPSA) is 81.2 Å². The number of halogens is 1. The molecule has 0 saturated carbocycles. The van der Waals surface area contributed by atoms with Gasteiger partial charge in [-0.25, -0.2) is 4.98 Å². The van der Waals surface area contributed by atoms with E-state index >= 15 is 0 Å². The molecule has 4 aromatic rings. The van der Waals surface area contributed by atoms with E-state index in [0.717, 1.165) is 52.9 Å². The van der Waals surface area contributed by atoms with E-state index in [-0.39, 0.29) is 5.91 Å². The first-order valence-electron chi connectivity index (χ1n) is 9.46. The molecule has 1 aliphatic carbocycles. The summed E-state index contributed by atoms with van der Waals surface area (Å²) in [5, 5.41) is 4.32. The first kappa shape index (κ1) is 18.2. The van der Waals surface area contributed by atoms with Crippen LogP contribution in [0.1, 0.15) is 33.8 Å². The lowest BCUT2D eigenvalue weighted by molar-refractivity contribution is 0.103. The first-order valence-corrected chi connectivity index (χ1v) is 10.7. The van der Waals surface area contributed by atoms with Crippen LogP contribution in [-0.2, 0) is 12.8 Å². The van der Waals surface area contributed by atoms with Gasteiger partial charge in [-0.3, -0.25) is 4.79 Å². The largest absolute Gasteiger partial charge is 0.464 e. The van der Waals surface area contributed by atoms with E-state index in [1.165, 1.54) is 16.9 Å². The van der Waals surface area contributed by atoms with Gasteiger partial charge in [0.15, 0.2) is 0 Å². The molecule has 3 aromatic heterocycles. The number of anilines is 2. The number of benzene rings is 1. The van der Waals surface area contributed by atoms with E-state index in [0.29, 0.717) is 21.3 Å². The molecule has 0 spiro atoms. The van der Waals surface area contributed by atoms with Crippen LogP contribution < -0.4 is 11.1 Å². The van der Waals surface area contributed by atoms with Crippen molar-refractivity contribution < 1.29 is 9.21 Å². The number of aryl methyl sites for hydroxylation is 1. The van der Waals surface area contributed by atoms with Crippen molar-refractivity contribution in [3.63, 3.8) is 0 Å². The summed E-state index contributed by atoms with van der Waals surface area (Å²) >= 11 is 7.25. The standard InChI is InChI=1S/C22H18ClN3O2S/c23-12-7-9-13(10-8-12)25-21(27)20-19(24)18-17(16-6-3-11-28-16)14-4-1-2-5-15(14)26-22(18)29-20/h3,6-11H,1-2,4-5,24H2,(H,25,27). The van der Waals surface area contributed by atoms with Gasteiger partial charge in [0.1, 0.15) is 15.5 Å². The van der Waals surface area contributed by atoms with Gasteiger partial charge < -0.3 is 15.5 Å². The molecule has 29 heavy (non-hydrogen) atoms. The third-order valence-electron chi connectivity index (χ3n) is 5.23. The fourth-order valence-corrected chi connectivity index (χ4v) is 5.03. The lowest BCUT2D eigenvalue weighted by Crippen LogP contribution is -2.12. The molecule has 5 nitrogen and oxygen atoms in total. The number of nitrogens with one attached hydrogen (secondary N) is 1. The summed E-state index contributed by atoms with van der Waals surface area (Å²) in [6.45, 7) is 0. The maximum Gasteiger partial charge on any atom is 0.267 e. The highest BCUT2D eigenvalue weighted by Gasteiger charge is 2.26. The van der Waals surface area contributed by atoms with Crippen LogP contribution in [0.25, 0.3) is 21.5 Å². The van der Waals surface area contributed by atoms with Crippen LogP contribution in [-0.4, -0.2) is 10.9 Å². The highest BCUT2D eigenvalue weighted by Crippen LogP contribution is 2.44. The monoisotopic (exact) mass is 423 g/mol. The SMILES string of the molecule is Nc1c(C(=O)Nc2ccc(Cl)cc2)sc2nc3c(c(-c4ccco4)c12)CCCC3. The fourth-order valence-electron chi connectivity index (χ4n) is 3.89. The minimum Gasteiger partial charge on any atom is -0.464 e. The Morgan fingerprint density at radius 2 is 1.97 bits per heavy atom. The molecule has 0 radical (unpaired) electrons. The van der Waals surface area contributed by atoms with Gasteiger partial charge in [-0.2, -0.15) is 0 Å². The number of carbonyl (C=O) groups excluding carboxylic acids is 1. The van der Waals surface area contributed by atoms with E-state index in [9.17, 15) is 4.79 Å². The van der Waals surface area contributed by atoms with Gasteiger partial charge in [0.25, 0.3) is 5.91 Å². The zero-order valence-corrected chi connectivity index (χ0v) is 17.1. The summed E-state index contributed by atoms with van der Waals surface area (Å²) in [5.41, 5.74) is 10.9. The summed E-state index contributed by atoms with van der Waals surface area (Å²) < 4.78 is 5.73. The number of nitrogen functional groups attached to an aromatic ring is 1. The Bertz CT molecular complexity index is 1210. The van der Waals surface area contributed by atoms with Crippen molar-refractivity contribution >= 4 is 50.4 Å². The van der Waals surface area contributed by atoms with Crippen LogP contribution in [0.3, 0.4) is 0 Å². The van der Waals surface area contributed by atoms with Crippen LogP contribution in [0, 0.1) is 0 Å². The van der Waals surface area contributed by atoms with Gasteiger partial charge in [0.2, 0.25) is 0 Å². The zero-order chi connectivity index (χ0) is 20.0. The number of pyridine rings is 1. The Labute approximate surface area is 176 Å². The van der Waals surface area contributed by atoms with Crippen LogP contribution in [0.15, 0.2) is 47.1 Å². The summed E-state index contributed by atoms with van der Waals surface area (Å²) in [6.07, 6.45) is 5.77. The van der Waals surface area contributed by atoms with Gasteiger partial charge in [-0.1, -0.05) is 11.6 Å². The first-order chi connectivity index (χ1) is 14.1. The maximum absolute atomic E-state index is 12.9. The Balaban J connectivity index is 1.65. The predicted octanol–water partition coefficient (Wildman–Crippen LogP) is 5.92. The molecular formula is C22H18ClN3O2S. The molecule has 5 rings (SSSR count). The number of amides is 1. The van der Waals surface area contributed by atoms with E-state index < -0.39 is 0 Å². The molecule has 0 fully saturated rings. The zero-order valence-electron chi connectivity index (χ0n) is 15.5. The quantitative estimate of drug-likeness (QED) is 0.428. The highest BCUT2D eigenvalue weighted by molar-refractivity contribution is 7.21. The van der Waals surface area contributed by atoms with Crippen molar-refractivity contribution in [3.8, 4) is 11.3 Å². The van der Waals surface area contributed by atoms with Gasteiger partial charge in [0.05, 0.1) is 12.0 Å². The fraction of sp³-hybridized carbons (Fsp3) is 0.182. The second-order valence-corrected chi connectivity index (χ2v) is 8.52. The van der Waals surface area contributed by atoms with Crippen molar-refractivity contribution in [3.05, 3.63) is 63.8 Å². The average molecular weight is 424 g/mol. The number of carbonyl (C=O) groups is 1. The van der Waals surface area contributed by atoms with Crippen LogP contribution in [0.4, 0.5) is 11.4 Å². The van der Waals surface area contributed by atoms with Crippen molar-refractivity contribution in [2.45, 2.75) is 25.7 Å². The summed E-state index contributed by atoms with van der Waals surface area (Å²) in [6, 6.07) is 10.8. The van der Waals surface area contributed by atoms with Gasteiger partial charge in [-0.05, 0) is 67.6 Å². The minimum absolute atomic E-state index is 0.254. The van der Waals surface area contributed by atoms with Crippen molar-refractivity contribution in [1.82, 2.24) is 4.98 Å². The van der Waals surface area contributed by atoms with Crippen molar-refractivity contribution in [2.24, 2.45) is 0 Å².